The van der Waals surface area contributed by atoms with Crippen molar-refractivity contribution >= 4 is 24.2 Å². The minimum absolute atomic E-state index is 0.123. The Morgan fingerprint density at radius 1 is 1.03 bits per heavy atom. The van der Waals surface area contributed by atoms with Crippen molar-refractivity contribution in [3.05, 3.63) is 12.7 Å². The summed E-state index contributed by atoms with van der Waals surface area (Å²) in [6.07, 6.45) is 7.18. The molecule has 178 valence electrons. The maximum absolute atomic E-state index is 11.7. The van der Waals surface area contributed by atoms with Crippen LogP contribution in [0, 0.1) is 5.41 Å². The number of nitrogens with one attached hydrogen (secondary N) is 1. The minimum Gasteiger partial charge on any atom is -0.460 e. The molecule has 0 bridgehead atoms. The van der Waals surface area contributed by atoms with Crippen LogP contribution in [0.4, 0.5) is 4.79 Å². The van der Waals surface area contributed by atoms with E-state index in [1.807, 2.05) is 0 Å². The Labute approximate surface area is 187 Å². The molecule has 1 amide bonds. The lowest BCUT2D eigenvalue weighted by atomic mass is 9.62. The summed E-state index contributed by atoms with van der Waals surface area (Å²) in [6, 6.07) is -0.193. The molecule has 0 aromatic carbocycles. The summed E-state index contributed by atoms with van der Waals surface area (Å²) in [7, 11) is 0. The van der Waals surface area contributed by atoms with Crippen molar-refractivity contribution in [1.29, 1.82) is 0 Å². The summed E-state index contributed by atoms with van der Waals surface area (Å²) in [5.74, 6) is -0.481. The van der Waals surface area contributed by atoms with Crippen LogP contribution in [0.5, 0.6) is 0 Å². The number of amides is 1. The molecular formula is C21H31N3O8. The molecule has 0 aliphatic heterocycles. The molecular weight excluding hydrogens is 422 g/mol. The number of hydrogen-bond acceptors (Lipinski definition) is 10. The molecule has 2 unspecified atom stereocenters. The van der Waals surface area contributed by atoms with Gasteiger partial charge in [-0.3, -0.25) is 0 Å². The van der Waals surface area contributed by atoms with Crippen molar-refractivity contribution in [2.75, 3.05) is 52.7 Å². The molecule has 1 aliphatic carbocycles. The summed E-state index contributed by atoms with van der Waals surface area (Å²) in [6.45, 7) is 5.73. The number of nitrogens with zero attached hydrogens (tertiary/aromatic N) is 2. The molecule has 0 heterocycles. The third-order valence-corrected chi connectivity index (χ3v) is 5.09. The summed E-state index contributed by atoms with van der Waals surface area (Å²) < 4.78 is 20.4. The van der Waals surface area contributed by atoms with Gasteiger partial charge < -0.3 is 24.3 Å². The number of isocyanates is 2. The van der Waals surface area contributed by atoms with E-state index in [0.29, 0.717) is 45.6 Å². The Morgan fingerprint density at radius 2 is 1.75 bits per heavy atom. The number of ether oxygens (including phenoxy) is 4. The van der Waals surface area contributed by atoms with E-state index in [-0.39, 0.29) is 37.8 Å². The minimum atomic E-state index is -0.540. The first-order chi connectivity index (χ1) is 15.6. The van der Waals surface area contributed by atoms with Gasteiger partial charge in [-0.05, 0) is 32.1 Å². The fraction of sp³-hybridized carbons (Fsp3) is 0.714. The lowest BCUT2D eigenvalue weighted by molar-refractivity contribution is -0.139. The van der Waals surface area contributed by atoms with Crippen LogP contribution >= 0.6 is 0 Å². The third-order valence-electron chi connectivity index (χ3n) is 5.09. The van der Waals surface area contributed by atoms with E-state index in [0.717, 1.165) is 18.9 Å². The average Bonchev–Trinajstić information content (AvgIpc) is 2.79. The van der Waals surface area contributed by atoms with E-state index < -0.39 is 12.1 Å². The zero-order chi connectivity index (χ0) is 23.5. The largest absolute Gasteiger partial charge is 0.460 e. The van der Waals surface area contributed by atoms with Crippen LogP contribution < -0.4 is 5.32 Å². The number of hydrogen-bond donors (Lipinski definition) is 1. The molecule has 0 radical (unpaired) electrons. The highest BCUT2D eigenvalue weighted by atomic mass is 16.6. The summed E-state index contributed by atoms with van der Waals surface area (Å²) >= 11 is 0. The van der Waals surface area contributed by atoms with Crippen LogP contribution in [0.15, 0.2) is 22.6 Å². The molecule has 0 aromatic heterocycles. The van der Waals surface area contributed by atoms with Gasteiger partial charge in [0.25, 0.3) is 0 Å². The molecule has 1 saturated carbocycles. The van der Waals surface area contributed by atoms with Gasteiger partial charge in [0.05, 0.1) is 25.8 Å². The van der Waals surface area contributed by atoms with Gasteiger partial charge in [-0.2, -0.15) is 0 Å². The first-order valence-corrected chi connectivity index (χ1v) is 10.5. The molecule has 1 N–H and O–H groups in total. The maximum Gasteiger partial charge on any atom is 0.407 e. The van der Waals surface area contributed by atoms with E-state index in [9.17, 15) is 19.2 Å². The van der Waals surface area contributed by atoms with Crippen molar-refractivity contribution in [2.24, 2.45) is 15.4 Å². The maximum atomic E-state index is 11.7. The van der Waals surface area contributed by atoms with Crippen molar-refractivity contribution in [3.63, 3.8) is 0 Å². The Kier molecular flexibility index (Phi) is 14.3. The number of alkyl carbamates (subject to hydrolysis) is 1. The first-order valence-electron chi connectivity index (χ1n) is 10.5. The van der Waals surface area contributed by atoms with Crippen LogP contribution in [0.2, 0.25) is 0 Å². The van der Waals surface area contributed by atoms with Gasteiger partial charge in [-0.25, -0.2) is 29.2 Å². The summed E-state index contributed by atoms with van der Waals surface area (Å²) in [4.78, 5) is 51.0. The second kappa shape index (κ2) is 16.8. The summed E-state index contributed by atoms with van der Waals surface area (Å²) in [5, 5.41) is 2.65. The number of carbonyl (C=O) groups is 2. The number of rotatable bonds is 18. The second-order valence-electron chi connectivity index (χ2n) is 7.16. The predicted octanol–water partition coefficient (Wildman–Crippen LogP) is 1.47. The lowest BCUT2D eigenvalue weighted by Gasteiger charge is -2.45. The molecule has 0 aromatic rings. The molecule has 11 nitrogen and oxygen atoms in total. The van der Waals surface area contributed by atoms with Gasteiger partial charge in [0.2, 0.25) is 12.2 Å². The molecule has 2 atom stereocenters. The molecule has 0 saturated heterocycles. The topological polar surface area (TPSA) is 142 Å². The van der Waals surface area contributed by atoms with E-state index in [4.69, 9.17) is 18.9 Å². The van der Waals surface area contributed by atoms with Crippen LogP contribution in [0.25, 0.3) is 0 Å². The molecule has 11 heteroatoms. The Hall–Kier alpha value is -2.84. The average molecular weight is 453 g/mol. The zero-order valence-electron chi connectivity index (χ0n) is 18.2. The van der Waals surface area contributed by atoms with Crippen LogP contribution in [-0.4, -0.2) is 83.0 Å². The Balaban J connectivity index is 2.00. The standard InChI is InChI=1S/C21H31N3O8/c1-2-19(27)31-13-11-29-9-4-10-30-12-14-32-20(28)23-8-3-6-21(15-22-16-25)7-5-18(21)24-17-26/h2,18H,1,3-15H2,(H,23,28). The molecule has 1 fully saturated rings. The Morgan fingerprint density at radius 3 is 2.34 bits per heavy atom. The van der Waals surface area contributed by atoms with E-state index in [1.165, 1.54) is 6.08 Å². The number of esters is 1. The molecule has 32 heavy (non-hydrogen) atoms. The van der Waals surface area contributed by atoms with Crippen LogP contribution in [-0.2, 0) is 33.3 Å². The quantitative estimate of drug-likeness (QED) is 0.108. The SMILES string of the molecule is C=CC(=O)OCCOCCCOCCOC(=O)NCCCC1(CN=C=O)CCC1N=C=O. The van der Waals surface area contributed by atoms with Crippen molar-refractivity contribution in [3.8, 4) is 0 Å². The summed E-state index contributed by atoms with van der Waals surface area (Å²) in [5.41, 5.74) is -0.339. The van der Waals surface area contributed by atoms with Gasteiger partial charge in [-0.15, -0.1) is 0 Å². The molecule has 1 aliphatic rings. The van der Waals surface area contributed by atoms with Crippen molar-refractivity contribution in [1.82, 2.24) is 5.32 Å². The van der Waals surface area contributed by atoms with Crippen molar-refractivity contribution < 1.29 is 38.1 Å². The van der Waals surface area contributed by atoms with Gasteiger partial charge in [0.15, 0.2) is 0 Å². The monoisotopic (exact) mass is 453 g/mol. The highest BCUT2D eigenvalue weighted by Gasteiger charge is 2.46. The highest BCUT2D eigenvalue weighted by Crippen LogP contribution is 2.47. The van der Waals surface area contributed by atoms with Gasteiger partial charge >= 0.3 is 12.1 Å². The Bertz CT molecular complexity index is 689. The van der Waals surface area contributed by atoms with Crippen LogP contribution in [0.3, 0.4) is 0 Å². The van der Waals surface area contributed by atoms with Crippen molar-refractivity contribution in [2.45, 2.75) is 38.1 Å². The van der Waals surface area contributed by atoms with E-state index in [2.05, 4.69) is 21.9 Å². The normalized spacial score (nSPS) is 18.9. The van der Waals surface area contributed by atoms with Gasteiger partial charge in [-0.1, -0.05) is 6.58 Å². The fourth-order valence-corrected chi connectivity index (χ4v) is 3.29. The highest BCUT2D eigenvalue weighted by molar-refractivity contribution is 5.81. The predicted molar refractivity (Wildman–Crippen MR) is 113 cm³/mol. The third kappa shape index (κ3) is 11.0. The van der Waals surface area contributed by atoms with Crippen LogP contribution in [0.1, 0.15) is 32.1 Å². The van der Waals surface area contributed by atoms with E-state index >= 15 is 0 Å². The molecule has 0 spiro atoms. The second-order valence-corrected chi connectivity index (χ2v) is 7.16. The fourth-order valence-electron chi connectivity index (χ4n) is 3.29. The van der Waals surface area contributed by atoms with Gasteiger partial charge in [0, 0.05) is 31.2 Å². The smallest absolute Gasteiger partial charge is 0.407 e. The molecule has 1 rings (SSSR count). The number of carbonyl (C=O) groups excluding carboxylic acids is 4. The lowest BCUT2D eigenvalue weighted by Crippen LogP contribution is -2.46. The zero-order valence-corrected chi connectivity index (χ0v) is 18.2. The first kappa shape index (κ1) is 27.2. The number of aliphatic imine (C=N–C) groups is 2. The van der Waals surface area contributed by atoms with Gasteiger partial charge in [0.1, 0.15) is 13.2 Å². The van der Waals surface area contributed by atoms with E-state index in [1.54, 1.807) is 6.08 Å².